The number of benzene rings is 1. The summed E-state index contributed by atoms with van der Waals surface area (Å²) in [6, 6.07) is 5.10. The van der Waals surface area contributed by atoms with Gasteiger partial charge in [-0.1, -0.05) is 12.1 Å². The first-order chi connectivity index (χ1) is 11.9. The lowest BCUT2D eigenvalue weighted by atomic mass is 10.1. The molecule has 1 amide bonds. The van der Waals surface area contributed by atoms with Gasteiger partial charge in [0.05, 0.1) is 5.56 Å². The molecule has 0 bridgehead atoms. The summed E-state index contributed by atoms with van der Waals surface area (Å²) in [6.45, 7) is 3.91. The van der Waals surface area contributed by atoms with E-state index in [1.165, 1.54) is 31.1 Å². The van der Waals surface area contributed by atoms with Crippen LogP contribution in [0.25, 0.3) is 6.08 Å². The molecule has 1 atom stereocenters. The van der Waals surface area contributed by atoms with Crippen LogP contribution in [0.4, 0.5) is 13.2 Å². The minimum absolute atomic E-state index is 0. The largest absolute Gasteiger partial charge is 0.416 e. The van der Waals surface area contributed by atoms with E-state index in [0.29, 0.717) is 5.56 Å². The first-order valence-electron chi connectivity index (χ1n) is 8.82. The van der Waals surface area contributed by atoms with Crippen LogP contribution in [-0.4, -0.2) is 47.9 Å². The number of rotatable bonds is 4. The second-order valence-corrected chi connectivity index (χ2v) is 6.79. The zero-order valence-corrected chi connectivity index (χ0v) is 15.4. The van der Waals surface area contributed by atoms with Crippen molar-refractivity contribution in [2.45, 2.75) is 37.9 Å². The Morgan fingerprint density at radius 2 is 1.73 bits per heavy atom. The van der Waals surface area contributed by atoms with Gasteiger partial charge in [-0.3, -0.25) is 4.79 Å². The van der Waals surface area contributed by atoms with E-state index in [1.807, 2.05) is 4.90 Å². The highest BCUT2D eigenvalue weighted by molar-refractivity contribution is 5.92. The van der Waals surface area contributed by atoms with Crippen LogP contribution in [-0.2, 0) is 11.0 Å². The Labute approximate surface area is 158 Å². The number of likely N-dealkylation sites (tertiary alicyclic amines) is 2. The summed E-state index contributed by atoms with van der Waals surface area (Å²) in [6.07, 6.45) is 3.23. The number of hydrogen-bond acceptors (Lipinski definition) is 2. The van der Waals surface area contributed by atoms with Gasteiger partial charge in [0.1, 0.15) is 0 Å². The molecule has 1 aromatic carbocycles. The Morgan fingerprint density at radius 1 is 1.08 bits per heavy atom. The van der Waals surface area contributed by atoms with Gasteiger partial charge in [-0.15, -0.1) is 12.4 Å². The summed E-state index contributed by atoms with van der Waals surface area (Å²) < 4.78 is 37.7. The number of carbonyl (C=O) groups is 1. The molecule has 0 radical (unpaired) electrons. The van der Waals surface area contributed by atoms with E-state index in [4.69, 9.17) is 0 Å². The van der Waals surface area contributed by atoms with Crippen LogP contribution < -0.4 is 0 Å². The van der Waals surface area contributed by atoms with Crippen LogP contribution >= 0.6 is 12.4 Å². The second kappa shape index (κ2) is 8.91. The molecule has 7 heteroatoms. The molecule has 3 nitrogen and oxygen atoms in total. The maximum atomic E-state index is 12.6. The van der Waals surface area contributed by atoms with Gasteiger partial charge in [0, 0.05) is 25.2 Å². The lowest BCUT2D eigenvalue weighted by molar-refractivity contribution is -0.137. The number of halogens is 4. The summed E-state index contributed by atoms with van der Waals surface area (Å²) in [5.74, 6) is -0.0541. The standard InChI is InChI=1S/C19H23F3N2O.ClH/c20-19(21,22)16-8-5-15(6-9-16)7-10-18(25)24-13-3-4-17(24)14-23-11-1-2-12-23;/h5-10,17H,1-4,11-14H2;1H. The van der Waals surface area contributed by atoms with Gasteiger partial charge in [-0.2, -0.15) is 13.2 Å². The van der Waals surface area contributed by atoms with Gasteiger partial charge in [-0.05, 0) is 62.5 Å². The predicted octanol–water partition coefficient (Wildman–Crippen LogP) is 4.23. The highest BCUT2D eigenvalue weighted by Crippen LogP contribution is 2.29. The van der Waals surface area contributed by atoms with Gasteiger partial charge in [-0.25, -0.2) is 0 Å². The van der Waals surface area contributed by atoms with Crippen LogP contribution in [0.3, 0.4) is 0 Å². The molecular weight excluding hydrogens is 365 g/mol. The van der Waals surface area contributed by atoms with Gasteiger partial charge in [0.15, 0.2) is 0 Å². The highest BCUT2D eigenvalue weighted by atomic mass is 35.5. The average Bonchev–Trinajstić information content (AvgIpc) is 3.24. The Hall–Kier alpha value is -1.53. The third-order valence-corrected chi connectivity index (χ3v) is 4.98. The summed E-state index contributed by atoms with van der Waals surface area (Å²) in [7, 11) is 0. The molecular formula is C19H24ClF3N2O. The zero-order chi connectivity index (χ0) is 17.9. The van der Waals surface area contributed by atoms with E-state index in [-0.39, 0.29) is 24.4 Å². The maximum absolute atomic E-state index is 12.6. The maximum Gasteiger partial charge on any atom is 0.416 e. The predicted molar refractivity (Wildman–Crippen MR) is 98.1 cm³/mol. The quantitative estimate of drug-likeness (QED) is 0.721. The molecule has 1 aromatic rings. The minimum Gasteiger partial charge on any atom is -0.335 e. The molecule has 0 spiro atoms. The van der Waals surface area contributed by atoms with E-state index in [0.717, 1.165) is 51.2 Å². The molecule has 0 N–H and O–H groups in total. The van der Waals surface area contributed by atoms with Crippen molar-refractivity contribution in [1.29, 1.82) is 0 Å². The molecule has 3 rings (SSSR count). The lowest BCUT2D eigenvalue weighted by Gasteiger charge is -2.27. The molecule has 1 unspecified atom stereocenters. The van der Waals surface area contributed by atoms with Crippen molar-refractivity contribution in [3.05, 3.63) is 41.5 Å². The average molecular weight is 389 g/mol. The number of nitrogens with zero attached hydrogens (tertiary/aromatic N) is 2. The van der Waals surface area contributed by atoms with Crippen LogP contribution in [0.5, 0.6) is 0 Å². The smallest absolute Gasteiger partial charge is 0.335 e. The molecule has 2 aliphatic heterocycles. The van der Waals surface area contributed by atoms with Crippen molar-refractivity contribution in [3.63, 3.8) is 0 Å². The number of carbonyl (C=O) groups excluding carboxylic acids is 1. The Bertz CT molecular complexity index is 625. The SMILES string of the molecule is Cl.O=C(C=Cc1ccc(C(F)(F)F)cc1)N1CCCC1CN1CCCC1. The molecule has 0 aromatic heterocycles. The summed E-state index contributed by atoms with van der Waals surface area (Å²) in [5, 5.41) is 0. The molecule has 0 saturated carbocycles. The molecule has 2 fully saturated rings. The van der Waals surface area contributed by atoms with Gasteiger partial charge in [0.25, 0.3) is 0 Å². The molecule has 2 heterocycles. The van der Waals surface area contributed by atoms with Crippen molar-refractivity contribution in [2.24, 2.45) is 0 Å². The van der Waals surface area contributed by atoms with Crippen LogP contribution in [0.1, 0.15) is 36.8 Å². The zero-order valence-electron chi connectivity index (χ0n) is 14.5. The fraction of sp³-hybridized carbons (Fsp3) is 0.526. The van der Waals surface area contributed by atoms with Crippen LogP contribution in [0.2, 0.25) is 0 Å². The monoisotopic (exact) mass is 388 g/mol. The second-order valence-electron chi connectivity index (χ2n) is 6.79. The van der Waals surface area contributed by atoms with E-state index in [1.54, 1.807) is 6.08 Å². The van der Waals surface area contributed by atoms with Gasteiger partial charge < -0.3 is 9.80 Å². The normalized spacial score (nSPS) is 21.3. The van der Waals surface area contributed by atoms with E-state index < -0.39 is 11.7 Å². The molecule has 2 aliphatic rings. The fourth-order valence-corrected chi connectivity index (χ4v) is 3.63. The minimum atomic E-state index is -4.34. The van der Waals surface area contributed by atoms with Crippen molar-refractivity contribution < 1.29 is 18.0 Å². The van der Waals surface area contributed by atoms with E-state index in [9.17, 15) is 18.0 Å². The number of hydrogen-bond donors (Lipinski definition) is 0. The first-order valence-corrected chi connectivity index (χ1v) is 8.82. The molecule has 2 saturated heterocycles. The Balaban J connectivity index is 0.00000243. The van der Waals surface area contributed by atoms with Crippen LogP contribution in [0.15, 0.2) is 30.3 Å². The van der Waals surface area contributed by atoms with Crippen molar-refractivity contribution in [2.75, 3.05) is 26.2 Å². The van der Waals surface area contributed by atoms with Crippen molar-refractivity contribution in [3.8, 4) is 0 Å². The number of amides is 1. The molecule has 0 aliphatic carbocycles. The Morgan fingerprint density at radius 3 is 2.35 bits per heavy atom. The van der Waals surface area contributed by atoms with Crippen molar-refractivity contribution in [1.82, 2.24) is 9.80 Å². The first kappa shape index (κ1) is 20.8. The third-order valence-electron chi connectivity index (χ3n) is 4.98. The van der Waals surface area contributed by atoms with Crippen molar-refractivity contribution >= 4 is 24.4 Å². The number of alkyl halides is 3. The highest BCUT2D eigenvalue weighted by Gasteiger charge is 2.30. The summed E-state index contributed by atoms with van der Waals surface area (Å²) in [5.41, 5.74) is -0.0853. The van der Waals surface area contributed by atoms with E-state index in [2.05, 4.69) is 4.90 Å². The molecule has 26 heavy (non-hydrogen) atoms. The third kappa shape index (κ3) is 5.24. The van der Waals surface area contributed by atoms with Crippen LogP contribution in [0, 0.1) is 0 Å². The molecule has 144 valence electrons. The summed E-state index contributed by atoms with van der Waals surface area (Å²) >= 11 is 0. The summed E-state index contributed by atoms with van der Waals surface area (Å²) in [4.78, 5) is 16.8. The van der Waals surface area contributed by atoms with Gasteiger partial charge in [0.2, 0.25) is 5.91 Å². The lowest BCUT2D eigenvalue weighted by Crippen LogP contribution is -2.41. The van der Waals surface area contributed by atoms with E-state index >= 15 is 0 Å². The fourth-order valence-electron chi connectivity index (χ4n) is 3.63. The van der Waals surface area contributed by atoms with Gasteiger partial charge >= 0.3 is 6.18 Å². The Kier molecular flexibility index (Phi) is 7.12. The topological polar surface area (TPSA) is 23.6 Å².